The summed E-state index contributed by atoms with van der Waals surface area (Å²) in [6.07, 6.45) is 0. The van der Waals surface area contributed by atoms with Crippen molar-refractivity contribution < 1.29 is 4.39 Å². The second-order valence-electron chi connectivity index (χ2n) is 2.96. The quantitative estimate of drug-likeness (QED) is 0.738. The van der Waals surface area contributed by atoms with Gasteiger partial charge in [0.05, 0.1) is 0 Å². The SMILES string of the molecule is CC(C)(CF)c1nnc(N)s1. The van der Waals surface area contributed by atoms with Gasteiger partial charge in [0.25, 0.3) is 0 Å². The first kappa shape index (κ1) is 8.39. The number of nitrogens with zero attached hydrogens (tertiary/aromatic N) is 2. The van der Waals surface area contributed by atoms with Gasteiger partial charge in [0.2, 0.25) is 5.13 Å². The van der Waals surface area contributed by atoms with E-state index in [0.29, 0.717) is 10.1 Å². The smallest absolute Gasteiger partial charge is 0.203 e. The normalized spacial score (nSPS) is 11.9. The van der Waals surface area contributed by atoms with E-state index in [1.807, 2.05) is 0 Å². The zero-order valence-electron chi connectivity index (χ0n) is 6.47. The summed E-state index contributed by atoms with van der Waals surface area (Å²) >= 11 is 1.23. The van der Waals surface area contributed by atoms with Crippen LogP contribution in [0.25, 0.3) is 0 Å². The largest absolute Gasteiger partial charge is 0.374 e. The molecule has 0 aliphatic rings. The molecule has 11 heavy (non-hydrogen) atoms. The van der Waals surface area contributed by atoms with Crippen molar-refractivity contribution >= 4 is 16.5 Å². The predicted molar refractivity (Wildman–Crippen MR) is 43.3 cm³/mol. The molecule has 0 aliphatic carbocycles. The molecule has 5 heteroatoms. The summed E-state index contributed by atoms with van der Waals surface area (Å²) in [5.74, 6) is 0. The predicted octanol–water partition coefficient (Wildman–Crippen LogP) is 1.37. The van der Waals surface area contributed by atoms with Crippen LogP contribution in [0.15, 0.2) is 0 Å². The van der Waals surface area contributed by atoms with Gasteiger partial charge in [-0.1, -0.05) is 25.2 Å². The molecule has 0 saturated heterocycles. The summed E-state index contributed by atoms with van der Waals surface area (Å²) < 4.78 is 12.4. The summed E-state index contributed by atoms with van der Waals surface area (Å²) in [6.45, 7) is 3.10. The minimum Gasteiger partial charge on any atom is -0.374 e. The Morgan fingerprint density at radius 2 is 2.18 bits per heavy atom. The van der Waals surface area contributed by atoms with E-state index in [2.05, 4.69) is 10.2 Å². The number of nitrogens with two attached hydrogens (primary N) is 1. The molecular formula is C6H10FN3S. The lowest BCUT2D eigenvalue weighted by Crippen LogP contribution is -2.19. The molecule has 3 nitrogen and oxygen atoms in total. The van der Waals surface area contributed by atoms with E-state index >= 15 is 0 Å². The highest BCUT2D eigenvalue weighted by molar-refractivity contribution is 7.15. The Kier molecular flexibility index (Phi) is 2.08. The lowest BCUT2D eigenvalue weighted by Gasteiger charge is -2.14. The Morgan fingerprint density at radius 3 is 2.55 bits per heavy atom. The Hall–Kier alpha value is -0.710. The number of rotatable bonds is 2. The van der Waals surface area contributed by atoms with Gasteiger partial charge in [-0.3, -0.25) is 4.39 Å². The number of aromatic nitrogens is 2. The molecule has 1 heterocycles. The van der Waals surface area contributed by atoms with Gasteiger partial charge < -0.3 is 5.73 Å². The molecule has 62 valence electrons. The van der Waals surface area contributed by atoms with Crippen LogP contribution in [0, 0.1) is 0 Å². The fraction of sp³-hybridized carbons (Fsp3) is 0.667. The van der Waals surface area contributed by atoms with Crippen LogP contribution >= 0.6 is 11.3 Å². The van der Waals surface area contributed by atoms with Gasteiger partial charge in [0, 0.05) is 5.41 Å². The van der Waals surface area contributed by atoms with E-state index in [0.717, 1.165) is 0 Å². The summed E-state index contributed by atoms with van der Waals surface area (Å²) in [4.78, 5) is 0. The molecule has 1 rings (SSSR count). The number of halogens is 1. The van der Waals surface area contributed by atoms with E-state index in [4.69, 9.17) is 5.73 Å². The van der Waals surface area contributed by atoms with Crippen LogP contribution < -0.4 is 5.73 Å². The maximum Gasteiger partial charge on any atom is 0.203 e. The van der Waals surface area contributed by atoms with Crippen LogP contribution in [0.3, 0.4) is 0 Å². The van der Waals surface area contributed by atoms with Crippen molar-refractivity contribution in [2.24, 2.45) is 0 Å². The van der Waals surface area contributed by atoms with Gasteiger partial charge in [0.15, 0.2) is 0 Å². The zero-order chi connectivity index (χ0) is 8.48. The topological polar surface area (TPSA) is 51.8 Å². The van der Waals surface area contributed by atoms with Gasteiger partial charge in [-0.2, -0.15) is 0 Å². The first-order valence-electron chi connectivity index (χ1n) is 3.21. The highest BCUT2D eigenvalue weighted by atomic mass is 32.1. The molecular weight excluding hydrogens is 165 g/mol. The molecule has 0 aliphatic heterocycles. The molecule has 2 N–H and O–H groups in total. The molecule has 0 bridgehead atoms. The number of alkyl halides is 1. The molecule has 1 aromatic rings. The summed E-state index contributed by atoms with van der Waals surface area (Å²) in [5, 5.41) is 8.41. The first-order chi connectivity index (χ1) is 5.06. The summed E-state index contributed by atoms with van der Waals surface area (Å²) in [7, 11) is 0. The van der Waals surface area contributed by atoms with Crippen LogP contribution in [0.2, 0.25) is 0 Å². The van der Waals surface area contributed by atoms with E-state index < -0.39 is 12.1 Å². The first-order valence-corrected chi connectivity index (χ1v) is 4.03. The van der Waals surface area contributed by atoms with Crippen LogP contribution in [0.4, 0.5) is 9.52 Å². The summed E-state index contributed by atoms with van der Waals surface area (Å²) in [6, 6.07) is 0. The Bertz CT molecular complexity index is 246. The Balaban J connectivity index is 2.92. The van der Waals surface area contributed by atoms with E-state index in [9.17, 15) is 4.39 Å². The maximum atomic E-state index is 12.4. The zero-order valence-corrected chi connectivity index (χ0v) is 7.28. The van der Waals surface area contributed by atoms with E-state index in [1.54, 1.807) is 13.8 Å². The average molecular weight is 175 g/mol. The Labute approximate surface area is 68.4 Å². The number of hydrogen-bond donors (Lipinski definition) is 1. The standard InChI is InChI=1S/C6H10FN3S/c1-6(2,3-7)4-9-10-5(8)11-4/h3H2,1-2H3,(H2,8,10). The molecule has 0 fully saturated rings. The fourth-order valence-electron chi connectivity index (χ4n) is 0.565. The van der Waals surface area contributed by atoms with Crippen molar-refractivity contribution in [1.29, 1.82) is 0 Å². The van der Waals surface area contributed by atoms with E-state index in [1.165, 1.54) is 11.3 Å². The van der Waals surface area contributed by atoms with Crippen LogP contribution in [-0.2, 0) is 5.41 Å². The molecule has 0 aromatic carbocycles. The van der Waals surface area contributed by atoms with Crippen molar-refractivity contribution in [1.82, 2.24) is 10.2 Å². The highest BCUT2D eigenvalue weighted by Crippen LogP contribution is 2.27. The number of nitrogen functional groups attached to an aromatic ring is 1. The molecule has 0 amide bonds. The third-order valence-corrected chi connectivity index (χ3v) is 2.47. The van der Waals surface area contributed by atoms with Gasteiger partial charge >= 0.3 is 0 Å². The average Bonchev–Trinajstić information content (AvgIpc) is 2.36. The van der Waals surface area contributed by atoms with Crippen molar-refractivity contribution in [3.8, 4) is 0 Å². The van der Waals surface area contributed by atoms with Crippen molar-refractivity contribution in [3.05, 3.63) is 5.01 Å². The van der Waals surface area contributed by atoms with E-state index in [-0.39, 0.29) is 0 Å². The van der Waals surface area contributed by atoms with Gasteiger partial charge in [-0.05, 0) is 0 Å². The van der Waals surface area contributed by atoms with Crippen molar-refractivity contribution in [2.75, 3.05) is 12.4 Å². The van der Waals surface area contributed by atoms with Gasteiger partial charge in [-0.25, -0.2) is 0 Å². The highest BCUT2D eigenvalue weighted by Gasteiger charge is 2.24. The Morgan fingerprint density at radius 1 is 1.55 bits per heavy atom. The van der Waals surface area contributed by atoms with Crippen LogP contribution in [0.1, 0.15) is 18.9 Å². The fourth-order valence-corrected chi connectivity index (χ4v) is 1.26. The van der Waals surface area contributed by atoms with Crippen LogP contribution in [0.5, 0.6) is 0 Å². The van der Waals surface area contributed by atoms with Crippen molar-refractivity contribution in [2.45, 2.75) is 19.3 Å². The second-order valence-corrected chi connectivity index (χ2v) is 3.97. The molecule has 0 spiro atoms. The third kappa shape index (κ3) is 1.65. The molecule has 1 aromatic heterocycles. The number of hydrogen-bond acceptors (Lipinski definition) is 4. The lowest BCUT2D eigenvalue weighted by molar-refractivity contribution is 0.348. The second kappa shape index (κ2) is 2.73. The minimum atomic E-state index is -0.546. The minimum absolute atomic E-state index is 0.390. The summed E-state index contributed by atoms with van der Waals surface area (Å²) in [5.41, 5.74) is 4.81. The molecule has 0 atom stereocenters. The molecule has 0 saturated carbocycles. The van der Waals surface area contributed by atoms with Crippen LogP contribution in [-0.4, -0.2) is 16.9 Å². The van der Waals surface area contributed by atoms with Gasteiger partial charge in [-0.15, -0.1) is 10.2 Å². The van der Waals surface area contributed by atoms with Gasteiger partial charge in [0.1, 0.15) is 11.7 Å². The monoisotopic (exact) mass is 175 g/mol. The molecule has 0 radical (unpaired) electrons. The lowest BCUT2D eigenvalue weighted by atomic mass is 9.97. The molecule has 0 unspecified atom stereocenters. The van der Waals surface area contributed by atoms with Crippen molar-refractivity contribution in [3.63, 3.8) is 0 Å². The number of anilines is 1. The maximum absolute atomic E-state index is 12.4. The third-order valence-electron chi connectivity index (χ3n) is 1.35.